The molecule has 3 heterocycles. The molecule has 1 amide bonds. The molecule has 0 radical (unpaired) electrons. The number of piperazine rings is 1. The van der Waals surface area contributed by atoms with Crippen molar-refractivity contribution in [1.29, 1.82) is 0 Å². The molecule has 0 spiro atoms. The average molecular weight is 553 g/mol. The number of rotatable bonds is 5. The maximum Gasteiger partial charge on any atom is 0.246 e. The molecule has 1 saturated heterocycles. The highest BCUT2D eigenvalue weighted by Gasteiger charge is 2.27. The van der Waals surface area contributed by atoms with E-state index in [0.29, 0.717) is 48.0 Å². The highest BCUT2D eigenvalue weighted by atomic mass is 127. The SMILES string of the molecule is CN=C(NCCNc1ncc(Cl)cc1Cl)N1CCN(c2cnn(C)c2)C(=O)C1.I. The van der Waals surface area contributed by atoms with Crippen molar-refractivity contribution in [1.82, 2.24) is 25.0 Å². The van der Waals surface area contributed by atoms with Crippen LogP contribution in [0.4, 0.5) is 11.5 Å². The largest absolute Gasteiger partial charge is 0.367 e. The summed E-state index contributed by atoms with van der Waals surface area (Å²) in [5.74, 6) is 1.26. The Kier molecular flexibility index (Phi) is 8.78. The molecule has 0 unspecified atom stereocenters. The van der Waals surface area contributed by atoms with Crippen LogP contribution in [0.15, 0.2) is 29.6 Å². The number of nitrogens with one attached hydrogen (secondary N) is 2. The fourth-order valence-corrected chi connectivity index (χ4v) is 3.35. The number of hydrogen-bond acceptors (Lipinski definition) is 5. The Labute approximate surface area is 196 Å². The van der Waals surface area contributed by atoms with Crippen molar-refractivity contribution in [3.63, 3.8) is 0 Å². The van der Waals surface area contributed by atoms with Crippen LogP contribution in [0.25, 0.3) is 0 Å². The van der Waals surface area contributed by atoms with Gasteiger partial charge in [-0.25, -0.2) is 4.98 Å². The molecule has 1 fully saturated rings. The number of halogens is 3. The van der Waals surface area contributed by atoms with E-state index in [-0.39, 0.29) is 36.4 Å². The van der Waals surface area contributed by atoms with Crippen LogP contribution < -0.4 is 15.5 Å². The van der Waals surface area contributed by atoms with Crippen LogP contribution in [0.2, 0.25) is 10.0 Å². The first-order valence-corrected chi connectivity index (χ1v) is 9.53. The second-order valence-electron chi connectivity index (χ2n) is 6.22. The van der Waals surface area contributed by atoms with Crippen LogP contribution in [0.1, 0.15) is 0 Å². The topological polar surface area (TPSA) is 90.7 Å². The Morgan fingerprint density at radius 1 is 1.28 bits per heavy atom. The lowest BCUT2D eigenvalue weighted by Crippen LogP contribution is -2.55. The number of carbonyl (C=O) groups excluding carboxylic acids is 1. The minimum Gasteiger partial charge on any atom is -0.367 e. The number of guanidine groups is 1. The van der Waals surface area contributed by atoms with E-state index in [1.807, 2.05) is 18.1 Å². The van der Waals surface area contributed by atoms with E-state index in [1.165, 1.54) is 6.20 Å². The molecule has 0 bridgehead atoms. The van der Waals surface area contributed by atoms with Crippen molar-refractivity contribution in [3.05, 3.63) is 34.7 Å². The molecule has 29 heavy (non-hydrogen) atoms. The maximum absolute atomic E-state index is 12.5. The monoisotopic (exact) mass is 552 g/mol. The minimum absolute atomic E-state index is 0. The van der Waals surface area contributed by atoms with Gasteiger partial charge in [-0.05, 0) is 6.07 Å². The van der Waals surface area contributed by atoms with Gasteiger partial charge in [-0.15, -0.1) is 24.0 Å². The maximum atomic E-state index is 12.5. The molecular weight excluding hydrogens is 530 g/mol. The molecule has 2 aromatic rings. The summed E-state index contributed by atoms with van der Waals surface area (Å²) in [5, 5.41) is 11.5. The van der Waals surface area contributed by atoms with Gasteiger partial charge in [0.1, 0.15) is 12.4 Å². The van der Waals surface area contributed by atoms with E-state index >= 15 is 0 Å². The molecule has 12 heteroatoms. The number of anilines is 2. The quantitative estimate of drug-likeness (QED) is 0.255. The summed E-state index contributed by atoms with van der Waals surface area (Å²) in [7, 11) is 3.53. The van der Waals surface area contributed by atoms with Crippen molar-refractivity contribution < 1.29 is 4.79 Å². The van der Waals surface area contributed by atoms with E-state index in [2.05, 4.69) is 25.7 Å². The van der Waals surface area contributed by atoms with E-state index in [9.17, 15) is 4.79 Å². The van der Waals surface area contributed by atoms with Gasteiger partial charge in [0.15, 0.2) is 5.96 Å². The molecule has 0 aliphatic carbocycles. The van der Waals surface area contributed by atoms with E-state index < -0.39 is 0 Å². The fourth-order valence-electron chi connectivity index (χ4n) is 2.91. The lowest BCUT2D eigenvalue weighted by Gasteiger charge is -2.35. The summed E-state index contributed by atoms with van der Waals surface area (Å²) in [6, 6.07) is 1.64. The average Bonchev–Trinajstić information content (AvgIpc) is 3.09. The number of amides is 1. The summed E-state index contributed by atoms with van der Waals surface area (Å²) in [6.07, 6.45) is 5.07. The Morgan fingerprint density at radius 3 is 2.69 bits per heavy atom. The first-order valence-electron chi connectivity index (χ1n) is 8.77. The minimum atomic E-state index is 0. The van der Waals surface area contributed by atoms with Crippen LogP contribution in [-0.2, 0) is 11.8 Å². The Balaban J connectivity index is 0.00000300. The van der Waals surface area contributed by atoms with Crippen LogP contribution >= 0.6 is 47.2 Å². The van der Waals surface area contributed by atoms with E-state index in [0.717, 1.165) is 5.69 Å². The van der Waals surface area contributed by atoms with Gasteiger partial charge < -0.3 is 20.4 Å². The molecule has 3 rings (SSSR count). The predicted molar refractivity (Wildman–Crippen MR) is 127 cm³/mol. The molecule has 0 atom stereocenters. The van der Waals surface area contributed by atoms with Gasteiger partial charge in [0.25, 0.3) is 0 Å². The van der Waals surface area contributed by atoms with Crippen molar-refractivity contribution in [2.45, 2.75) is 0 Å². The van der Waals surface area contributed by atoms with Gasteiger partial charge in [0, 0.05) is 52.7 Å². The number of carbonyl (C=O) groups is 1. The first-order chi connectivity index (χ1) is 13.5. The van der Waals surface area contributed by atoms with Gasteiger partial charge in [0.05, 0.1) is 21.9 Å². The summed E-state index contributed by atoms with van der Waals surface area (Å²) >= 11 is 11.9. The highest BCUT2D eigenvalue weighted by molar-refractivity contribution is 14.0. The fraction of sp³-hybridized carbons (Fsp3) is 0.412. The number of hydrogen-bond donors (Lipinski definition) is 2. The standard InChI is InChI=1S/C17H22Cl2N8O.HI/c1-20-17(22-4-3-21-16-14(19)7-12(18)8-23-16)26-5-6-27(15(28)11-26)13-9-24-25(2)10-13;/h7-10H,3-6,11H2,1-2H3,(H,20,22)(H,21,23);1H. The molecule has 1 aliphatic heterocycles. The highest BCUT2D eigenvalue weighted by Crippen LogP contribution is 2.22. The molecule has 158 valence electrons. The van der Waals surface area contributed by atoms with Gasteiger partial charge in [-0.2, -0.15) is 5.10 Å². The number of aryl methyl sites for hydroxylation is 1. The molecule has 2 aromatic heterocycles. The molecule has 2 N–H and O–H groups in total. The molecule has 0 aromatic carbocycles. The number of aromatic nitrogens is 3. The van der Waals surface area contributed by atoms with Gasteiger partial charge >= 0.3 is 0 Å². The van der Waals surface area contributed by atoms with Crippen LogP contribution in [-0.4, -0.2) is 71.3 Å². The zero-order valence-electron chi connectivity index (χ0n) is 16.1. The van der Waals surface area contributed by atoms with Gasteiger partial charge in [-0.1, -0.05) is 23.2 Å². The Bertz CT molecular complexity index is 875. The Hall–Kier alpha value is -1.79. The molecule has 0 saturated carbocycles. The molecule has 9 nitrogen and oxygen atoms in total. The lowest BCUT2D eigenvalue weighted by molar-refractivity contribution is -0.120. The zero-order valence-corrected chi connectivity index (χ0v) is 19.9. The number of aliphatic imine (C=N–C) groups is 1. The summed E-state index contributed by atoms with van der Waals surface area (Å²) < 4.78 is 1.68. The first kappa shape index (κ1) is 23.5. The molecular formula is C17H23Cl2IN8O. The Morgan fingerprint density at radius 2 is 2.07 bits per heavy atom. The van der Waals surface area contributed by atoms with Crippen molar-refractivity contribution in [2.24, 2.45) is 12.0 Å². The third-order valence-electron chi connectivity index (χ3n) is 4.24. The van der Waals surface area contributed by atoms with E-state index in [1.54, 1.807) is 28.9 Å². The second-order valence-corrected chi connectivity index (χ2v) is 7.07. The van der Waals surface area contributed by atoms with Gasteiger partial charge in [0.2, 0.25) is 5.91 Å². The number of pyridine rings is 1. The van der Waals surface area contributed by atoms with Crippen molar-refractivity contribution >= 4 is 70.6 Å². The molecule has 1 aliphatic rings. The van der Waals surface area contributed by atoms with Crippen LogP contribution in [0.3, 0.4) is 0 Å². The second kappa shape index (κ2) is 10.8. The predicted octanol–water partition coefficient (Wildman–Crippen LogP) is 2.08. The third-order valence-corrected chi connectivity index (χ3v) is 4.74. The number of nitrogens with zero attached hydrogens (tertiary/aromatic N) is 6. The van der Waals surface area contributed by atoms with Crippen LogP contribution in [0, 0.1) is 0 Å². The van der Waals surface area contributed by atoms with Crippen molar-refractivity contribution in [3.8, 4) is 0 Å². The smallest absolute Gasteiger partial charge is 0.246 e. The third kappa shape index (κ3) is 6.09. The summed E-state index contributed by atoms with van der Waals surface area (Å²) in [5.41, 5.74) is 0.812. The lowest BCUT2D eigenvalue weighted by atomic mass is 10.3. The summed E-state index contributed by atoms with van der Waals surface area (Å²) in [6.45, 7) is 2.68. The van der Waals surface area contributed by atoms with Crippen molar-refractivity contribution in [2.75, 3.05) is 50.0 Å². The normalized spacial score (nSPS) is 14.6. The zero-order chi connectivity index (χ0) is 20.1. The van der Waals surface area contributed by atoms with Gasteiger partial charge in [-0.3, -0.25) is 14.5 Å². The van der Waals surface area contributed by atoms with Crippen LogP contribution in [0.5, 0.6) is 0 Å². The summed E-state index contributed by atoms with van der Waals surface area (Å²) in [4.78, 5) is 24.6. The van der Waals surface area contributed by atoms with E-state index in [4.69, 9.17) is 23.2 Å².